The van der Waals surface area contributed by atoms with Crippen LogP contribution in [0, 0.1) is 34.1 Å². The van der Waals surface area contributed by atoms with Gasteiger partial charge in [-0.3, -0.25) is 29.9 Å². The highest BCUT2D eigenvalue weighted by atomic mass is 32.1. The lowest BCUT2D eigenvalue weighted by Crippen LogP contribution is -2.30. The Morgan fingerprint density at radius 1 is 1.06 bits per heavy atom. The number of aryl methyl sites for hydroxylation is 2. The molecule has 2 aromatic carbocycles. The zero-order valence-corrected chi connectivity index (χ0v) is 17.8. The number of rotatable bonds is 6. The van der Waals surface area contributed by atoms with Crippen LogP contribution < -0.4 is 4.90 Å². The SMILES string of the molecule is Cc1ccc(C)c2sc(N(Cc3ccco3)C(=O)c3cc([N+](=O)[O-])cc([N+](=O)[O-])c3)nc12. The molecule has 4 rings (SSSR count). The number of hydrogen-bond donors (Lipinski definition) is 0. The summed E-state index contributed by atoms with van der Waals surface area (Å²) in [6.45, 7) is 3.85. The van der Waals surface area contributed by atoms with Crippen LogP contribution in [0.4, 0.5) is 16.5 Å². The number of thiazole rings is 1. The van der Waals surface area contributed by atoms with Crippen LogP contribution in [0.2, 0.25) is 0 Å². The summed E-state index contributed by atoms with van der Waals surface area (Å²) in [5, 5.41) is 22.9. The molecule has 0 saturated heterocycles. The maximum Gasteiger partial charge on any atom is 0.277 e. The molecule has 0 bridgehead atoms. The van der Waals surface area contributed by atoms with E-state index in [1.807, 2.05) is 26.0 Å². The second-order valence-electron chi connectivity index (χ2n) is 7.10. The summed E-state index contributed by atoms with van der Waals surface area (Å²) in [4.78, 5) is 40.4. The zero-order valence-electron chi connectivity index (χ0n) is 17.0. The van der Waals surface area contributed by atoms with E-state index in [4.69, 9.17) is 4.42 Å². The molecule has 162 valence electrons. The van der Waals surface area contributed by atoms with Crippen molar-refractivity contribution in [2.45, 2.75) is 20.4 Å². The van der Waals surface area contributed by atoms with E-state index in [2.05, 4.69) is 4.98 Å². The molecule has 0 atom stereocenters. The topological polar surface area (TPSA) is 133 Å². The Morgan fingerprint density at radius 2 is 1.72 bits per heavy atom. The van der Waals surface area contributed by atoms with Gasteiger partial charge in [-0.25, -0.2) is 4.98 Å². The highest BCUT2D eigenvalue weighted by molar-refractivity contribution is 7.22. The molecule has 0 saturated carbocycles. The maximum absolute atomic E-state index is 13.5. The predicted molar refractivity (Wildman–Crippen MR) is 118 cm³/mol. The first-order chi connectivity index (χ1) is 15.2. The minimum Gasteiger partial charge on any atom is -0.467 e. The Hall–Kier alpha value is -4.12. The molecule has 0 spiro atoms. The number of aromatic nitrogens is 1. The van der Waals surface area contributed by atoms with Gasteiger partial charge in [-0.15, -0.1) is 0 Å². The molecule has 0 N–H and O–H groups in total. The number of nitro benzene ring substituents is 2. The summed E-state index contributed by atoms with van der Waals surface area (Å²) in [6.07, 6.45) is 1.46. The summed E-state index contributed by atoms with van der Waals surface area (Å²) in [6, 6.07) is 10.1. The number of non-ortho nitro benzene ring substituents is 2. The Balaban J connectivity index is 1.85. The van der Waals surface area contributed by atoms with Crippen molar-refractivity contribution in [1.29, 1.82) is 0 Å². The monoisotopic (exact) mass is 452 g/mol. The van der Waals surface area contributed by atoms with Crippen molar-refractivity contribution in [2.24, 2.45) is 0 Å². The Kier molecular flexibility index (Phi) is 5.41. The van der Waals surface area contributed by atoms with Gasteiger partial charge in [-0.2, -0.15) is 0 Å². The number of carbonyl (C=O) groups is 1. The second-order valence-corrected chi connectivity index (χ2v) is 8.07. The molecule has 0 unspecified atom stereocenters. The number of amides is 1. The van der Waals surface area contributed by atoms with E-state index in [-0.39, 0.29) is 12.1 Å². The molecule has 2 aromatic heterocycles. The van der Waals surface area contributed by atoms with Crippen molar-refractivity contribution < 1.29 is 19.1 Å². The second kappa shape index (κ2) is 8.19. The lowest BCUT2D eigenvalue weighted by atomic mass is 10.1. The molecule has 11 heteroatoms. The lowest BCUT2D eigenvalue weighted by Gasteiger charge is -2.18. The third-order valence-corrected chi connectivity index (χ3v) is 6.09. The van der Waals surface area contributed by atoms with Crippen LogP contribution in [0.5, 0.6) is 0 Å². The average Bonchev–Trinajstić information content (AvgIpc) is 3.44. The molecule has 0 radical (unpaired) electrons. The van der Waals surface area contributed by atoms with E-state index in [0.717, 1.165) is 39.5 Å². The van der Waals surface area contributed by atoms with Crippen molar-refractivity contribution in [3.8, 4) is 0 Å². The van der Waals surface area contributed by atoms with Crippen molar-refractivity contribution in [3.63, 3.8) is 0 Å². The number of anilines is 1. The molecule has 4 aromatic rings. The predicted octanol–water partition coefficient (Wildman–Crippen LogP) is 5.17. The fraction of sp³-hybridized carbons (Fsp3) is 0.143. The number of nitrogens with zero attached hydrogens (tertiary/aromatic N) is 4. The van der Waals surface area contributed by atoms with Gasteiger partial charge < -0.3 is 4.42 Å². The zero-order chi connectivity index (χ0) is 23.0. The van der Waals surface area contributed by atoms with E-state index in [1.54, 1.807) is 12.1 Å². The molecule has 0 fully saturated rings. The number of nitro groups is 2. The minimum absolute atomic E-state index is 0.000238. The summed E-state index contributed by atoms with van der Waals surface area (Å²) < 4.78 is 6.29. The van der Waals surface area contributed by atoms with E-state index < -0.39 is 27.1 Å². The number of hydrogen-bond acceptors (Lipinski definition) is 8. The van der Waals surface area contributed by atoms with Crippen LogP contribution >= 0.6 is 11.3 Å². The van der Waals surface area contributed by atoms with Gasteiger partial charge in [0, 0.05) is 12.1 Å². The summed E-state index contributed by atoms with van der Waals surface area (Å²) >= 11 is 1.30. The maximum atomic E-state index is 13.5. The van der Waals surface area contributed by atoms with Crippen LogP contribution in [0.1, 0.15) is 27.2 Å². The van der Waals surface area contributed by atoms with Crippen molar-refractivity contribution >= 4 is 44.0 Å². The normalized spacial score (nSPS) is 10.9. The number of carbonyl (C=O) groups excluding carboxylic acids is 1. The molecule has 0 aliphatic rings. The third-order valence-electron chi connectivity index (χ3n) is 4.87. The highest BCUT2D eigenvalue weighted by Crippen LogP contribution is 2.35. The van der Waals surface area contributed by atoms with Gasteiger partial charge in [0.05, 0.1) is 44.5 Å². The molecule has 0 aliphatic carbocycles. The first-order valence-electron chi connectivity index (χ1n) is 9.39. The molecule has 2 heterocycles. The molecule has 10 nitrogen and oxygen atoms in total. The van der Waals surface area contributed by atoms with Crippen molar-refractivity contribution in [3.05, 3.63) is 91.4 Å². The standard InChI is InChI=1S/C21H16N4O6S/c1-12-5-6-13(2)19-18(12)22-21(32-19)23(11-17-4-3-7-31-17)20(26)14-8-15(24(27)28)10-16(9-14)25(29)30/h3-10H,11H2,1-2H3. The Morgan fingerprint density at radius 3 is 2.28 bits per heavy atom. The van der Waals surface area contributed by atoms with Gasteiger partial charge >= 0.3 is 0 Å². The minimum atomic E-state index is -0.773. The first-order valence-corrected chi connectivity index (χ1v) is 10.2. The Bertz CT molecular complexity index is 1290. The van der Waals surface area contributed by atoms with Gasteiger partial charge in [-0.1, -0.05) is 23.5 Å². The fourth-order valence-corrected chi connectivity index (χ4v) is 4.34. The summed E-state index contributed by atoms with van der Waals surface area (Å²) in [5.41, 5.74) is 1.39. The van der Waals surface area contributed by atoms with Crippen LogP contribution in [0.25, 0.3) is 10.2 Å². The van der Waals surface area contributed by atoms with E-state index in [1.165, 1.54) is 22.5 Å². The molecule has 32 heavy (non-hydrogen) atoms. The van der Waals surface area contributed by atoms with Crippen LogP contribution in [0.15, 0.2) is 53.1 Å². The Labute approximate surface area is 185 Å². The largest absolute Gasteiger partial charge is 0.467 e. The van der Waals surface area contributed by atoms with Gasteiger partial charge in [0.15, 0.2) is 5.13 Å². The van der Waals surface area contributed by atoms with E-state index >= 15 is 0 Å². The fourth-order valence-electron chi connectivity index (χ4n) is 3.23. The molecule has 1 amide bonds. The summed E-state index contributed by atoms with van der Waals surface area (Å²) in [7, 11) is 0. The van der Waals surface area contributed by atoms with Gasteiger partial charge in [-0.05, 0) is 37.1 Å². The van der Waals surface area contributed by atoms with Gasteiger partial charge in [0.25, 0.3) is 17.3 Å². The highest BCUT2D eigenvalue weighted by Gasteiger charge is 2.27. The number of furan rings is 1. The van der Waals surface area contributed by atoms with Crippen LogP contribution in [0.3, 0.4) is 0 Å². The molecular formula is C21H16N4O6S. The third kappa shape index (κ3) is 3.93. The average molecular weight is 452 g/mol. The quantitative estimate of drug-likeness (QED) is 0.291. The first kappa shape index (κ1) is 21.1. The van der Waals surface area contributed by atoms with Gasteiger partial charge in [0.1, 0.15) is 5.76 Å². The molecular weight excluding hydrogens is 436 g/mol. The number of fused-ring (bicyclic) bond motifs is 1. The smallest absolute Gasteiger partial charge is 0.277 e. The van der Waals surface area contributed by atoms with Gasteiger partial charge in [0.2, 0.25) is 0 Å². The van der Waals surface area contributed by atoms with E-state index in [0.29, 0.717) is 10.9 Å². The van der Waals surface area contributed by atoms with E-state index in [9.17, 15) is 25.0 Å². The van der Waals surface area contributed by atoms with Crippen molar-refractivity contribution in [2.75, 3.05) is 4.90 Å². The van der Waals surface area contributed by atoms with Crippen molar-refractivity contribution in [1.82, 2.24) is 4.98 Å². The van der Waals surface area contributed by atoms with Crippen LogP contribution in [-0.4, -0.2) is 20.7 Å². The number of benzene rings is 2. The summed E-state index contributed by atoms with van der Waals surface area (Å²) in [5.74, 6) is -0.200. The molecule has 0 aliphatic heterocycles. The van der Waals surface area contributed by atoms with Crippen LogP contribution in [-0.2, 0) is 6.54 Å². The lowest BCUT2D eigenvalue weighted by molar-refractivity contribution is -0.394.